The monoisotopic (exact) mass is 536 g/mol. The minimum atomic E-state index is -0.638. The largest absolute Gasteiger partial charge is 0.497 e. The van der Waals surface area contributed by atoms with E-state index in [0.29, 0.717) is 25.4 Å². The molecule has 0 aliphatic heterocycles. The summed E-state index contributed by atoms with van der Waals surface area (Å²) in [6.45, 7) is 5.00. The van der Waals surface area contributed by atoms with Crippen LogP contribution in [0.5, 0.6) is 5.75 Å². The molecule has 6 heteroatoms. The van der Waals surface area contributed by atoms with Gasteiger partial charge in [0.15, 0.2) is 0 Å². The molecule has 0 aromatic heterocycles. The second-order valence-electron chi connectivity index (χ2n) is 9.02. The molecule has 1 N–H and O–H groups in total. The molecule has 3 aromatic carbocycles. The van der Waals surface area contributed by atoms with Crippen molar-refractivity contribution in [1.82, 2.24) is 10.2 Å². The van der Waals surface area contributed by atoms with E-state index in [4.69, 9.17) is 4.74 Å². The number of halogens is 1. The van der Waals surface area contributed by atoms with Gasteiger partial charge >= 0.3 is 0 Å². The maximum atomic E-state index is 13.7. The minimum Gasteiger partial charge on any atom is -0.497 e. The van der Waals surface area contributed by atoms with Crippen molar-refractivity contribution in [2.75, 3.05) is 13.7 Å². The summed E-state index contributed by atoms with van der Waals surface area (Å²) in [4.78, 5) is 28.9. The van der Waals surface area contributed by atoms with Crippen LogP contribution in [0.25, 0.3) is 0 Å². The number of ether oxygens (including phenoxy) is 1. The Bertz CT molecular complexity index is 1100. The van der Waals surface area contributed by atoms with E-state index in [-0.39, 0.29) is 18.2 Å². The van der Waals surface area contributed by atoms with Crippen LogP contribution in [-0.4, -0.2) is 36.4 Å². The zero-order chi connectivity index (χ0) is 25.2. The number of benzene rings is 3. The molecule has 0 unspecified atom stereocenters. The molecule has 0 bridgehead atoms. The first kappa shape index (κ1) is 26.5. The van der Waals surface area contributed by atoms with Crippen LogP contribution in [0.1, 0.15) is 30.5 Å². The first-order valence-corrected chi connectivity index (χ1v) is 12.6. The van der Waals surface area contributed by atoms with Gasteiger partial charge in [-0.15, -0.1) is 0 Å². The Morgan fingerprint density at radius 3 is 2.23 bits per heavy atom. The number of carbonyl (C=O) groups excluding carboxylic acids is 2. The van der Waals surface area contributed by atoms with Gasteiger partial charge in [-0.3, -0.25) is 9.59 Å². The summed E-state index contributed by atoms with van der Waals surface area (Å²) < 4.78 is 6.17. The predicted octanol–water partition coefficient (Wildman–Crippen LogP) is 5.41. The molecule has 2 amide bonds. The smallest absolute Gasteiger partial charge is 0.243 e. The van der Waals surface area contributed by atoms with Crippen LogP contribution < -0.4 is 10.1 Å². The molecule has 35 heavy (non-hydrogen) atoms. The van der Waals surface area contributed by atoms with E-state index in [0.717, 1.165) is 26.9 Å². The fourth-order valence-corrected chi connectivity index (χ4v) is 4.27. The Balaban J connectivity index is 1.94. The van der Waals surface area contributed by atoms with E-state index in [1.165, 1.54) is 0 Å². The van der Waals surface area contributed by atoms with Gasteiger partial charge in [0.25, 0.3) is 0 Å². The highest BCUT2D eigenvalue weighted by Gasteiger charge is 2.30. The average molecular weight is 537 g/mol. The van der Waals surface area contributed by atoms with Crippen molar-refractivity contribution in [3.05, 3.63) is 100 Å². The highest BCUT2D eigenvalue weighted by molar-refractivity contribution is 9.10. The van der Waals surface area contributed by atoms with Gasteiger partial charge < -0.3 is 15.0 Å². The van der Waals surface area contributed by atoms with E-state index in [1.807, 2.05) is 78.9 Å². The number of carbonyl (C=O) groups is 2. The first-order chi connectivity index (χ1) is 16.9. The summed E-state index contributed by atoms with van der Waals surface area (Å²) in [6, 6.07) is 24.5. The first-order valence-electron chi connectivity index (χ1n) is 11.8. The van der Waals surface area contributed by atoms with Gasteiger partial charge in [-0.25, -0.2) is 0 Å². The standard InChI is InChI=1S/C29H33BrN2O3/c1-21(2)19-31-29(34)27(17-22-8-5-4-6-9-22)32(20-24-10-7-11-25(30)16-24)28(33)18-23-12-14-26(35-3)15-13-23/h4-16,21,27H,17-20H2,1-3H3,(H,31,34)/t27-/m1/s1. The number of methoxy groups -OCH3 is 1. The summed E-state index contributed by atoms with van der Waals surface area (Å²) in [5, 5.41) is 3.06. The van der Waals surface area contributed by atoms with E-state index in [9.17, 15) is 9.59 Å². The molecule has 0 heterocycles. The average Bonchev–Trinajstić information content (AvgIpc) is 2.85. The van der Waals surface area contributed by atoms with Crippen molar-refractivity contribution < 1.29 is 14.3 Å². The second kappa shape index (κ2) is 13.1. The Hall–Kier alpha value is -3.12. The Labute approximate surface area is 216 Å². The van der Waals surface area contributed by atoms with Crippen molar-refractivity contribution in [1.29, 1.82) is 0 Å². The SMILES string of the molecule is COc1ccc(CC(=O)N(Cc2cccc(Br)c2)[C@H](Cc2ccccc2)C(=O)NCC(C)C)cc1. The molecule has 0 radical (unpaired) electrons. The topological polar surface area (TPSA) is 58.6 Å². The molecule has 3 aromatic rings. The molecule has 0 spiro atoms. The lowest BCUT2D eigenvalue weighted by Crippen LogP contribution is -2.51. The van der Waals surface area contributed by atoms with Crippen molar-refractivity contribution in [3.8, 4) is 5.75 Å². The van der Waals surface area contributed by atoms with Crippen molar-refractivity contribution in [3.63, 3.8) is 0 Å². The number of hydrogen-bond acceptors (Lipinski definition) is 3. The van der Waals surface area contributed by atoms with Crippen LogP contribution >= 0.6 is 15.9 Å². The molecule has 3 rings (SSSR count). The molecule has 0 aliphatic rings. The number of amides is 2. The third-order valence-electron chi connectivity index (χ3n) is 5.71. The second-order valence-corrected chi connectivity index (χ2v) is 9.94. The summed E-state index contributed by atoms with van der Waals surface area (Å²) in [5.41, 5.74) is 2.84. The maximum absolute atomic E-state index is 13.7. The summed E-state index contributed by atoms with van der Waals surface area (Å²) in [6.07, 6.45) is 0.633. The van der Waals surface area contributed by atoms with Crippen LogP contribution in [0.3, 0.4) is 0 Å². The normalized spacial score (nSPS) is 11.7. The number of rotatable bonds is 11. The summed E-state index contributed by atoms with van der Waals surface area (Å²) in [5.74, 6) is 0.809. The van der Waals surface area contributed by atoms with Gasteiger partial charge in [-0.1, -0.05) is 84.4 Å². The van der Waals surface area contributed by atoms with E-state index in [2.05, 4.69) is 35.1 Å². The highest BCUT2D eigenvalue weighted by Crippen LogP contribution is 2.20. The van der Waals surface area contributed by atoms with E-state index >= 15 is 0 Å². The lowest BCUT2D eigenvalue weighted by molar-refractivity contribution is -0.140. The quantitative estimate of drug-likeness (QED) is 0.356. The number of nitrogens with one attached hydrogen (secondary N) is 1. The molecule has 0 saturated carbocycles. The van der Waals surface area contributed by atoms with Crippen LogP contribution in [0.2, 0.25) is 0 Å². The Kier molecular flexibility index (Phi) is 9.91. The van der Waals surface area contributed by atoms with Gasteiger partial charge in [0, 0.05) is 24.0 Å². The molecule has 0 aliphatic carbocycles. The van der Waals surface area contributed by atoms with Crippen LogP contribution in [0, 0.1) is 5.92 Å². The van der Waals surface area contributed by atoms with Crippen molar-refractivity contribution in [2.45, 2.75) is 39.3 Å². The number of hydrogen-bond donors (Lipinski definition) is 1. The predicted molar refractivity (Wildman–Crippen MR) is 143 cm³/mol. The molecule has 1 atom stereocenters. The van der Waals surface area contributed by atoms with Gasteiger partial charge in [-0.2, -0.15) is 0 Å². The minimum absolute atomic E-state index is 0.101. The summed E-state index contributed by atoms with van der Waals surface area (Å²) >= 11 is 3.52. The van der Waals surface area contributed by atoms with E-state index < -0.39 is 6.04 Å². The van der Waals surface area contributed by atoms with Gasteiger partial charge in [0.05, 0.1) is 13.5 Å². The molecule has 0 saturated heterocycles. The fraction of sp³-hybridized carbons (Fsp3) is 0.310. The van der Waals surface area contributed by atoms with E-state index in [1.54, 1.807) is 12.0 Å². The fourth-order valence-electron chi connectivity index (χ4n) is 3.83. The van der Waals surface area contributed by atoms with Gasteiger partial charge in [0.1, 0.15) is 11.8 Å². The van der Waals surface area contributed by atoms with Crippen LogP contribution in [0.15, 0.2) is 83.3 Å². The highest BCUT2D eigenvalue weighted by atomic mass is 79.9. The summed E-state index contributed by atoms with van der Waals surface area (Å²) in [7, 11) is 1.61. The molecular weight excluding hydrogens is 504 g/mol. The van der Waals surface area contributed by atoms with Crippen LogP contribution in [-0.2, 0) is 29.0 Å². The Morgan fingerprint density at radius 1 is 0.914 bits per heavy atom. The molecule has 0 fully saturated rings. The van der Waals surface area contributed by atoms with Crippen molar-refractivity contribution >= 4 is 27.7 Å². The number of nitrogens with zero attached hydrogens (tertiary/aromatic N) is 1. The lowest BCUT2D eigenvalue weighted by Gasteiger charge is -2.32. The zero-order valence-corrected chi connectivity index (χ0v) is 22.1. The molecule has 5 nitrogen and oxygen atoms in total. The lowest BCUT2D eigenvalue weighted by atomic mass is 10.0. The Morgan fingerprint density at radius 2 is 1.60 bits per heavy atom. The maximum Gasteiger partial charge on any atom is 0.243 e. The van der Waals surface area contributed by atoms with Gasteiger partial charge in [-0.05, 0) is 46.9 Å². The molecular formula is C29H33BrN2O3. The zero-order valence-electron chi connectivity index (χ0n) is 20.5. The third kappa shape index (κ3) is 8.25. The van der Waals surface area contributed by atoms with Crippen molar-refractivity contribution in [2.24, 2.45) is 5.92 Å². The van der Waals surface area contributed by atoms with Gasteiger partial charge in [0.2, 0.25) is 11.8 Å². The van der Waals surface area contributed by atoms with Crippen LogP contribution in [0.4, 0.5) is 0 Å². The molecule has 184 valence electrons. The third-order valence-corrected chi connectivity index (χ3v) is 6.21.